The van der Waals surface area contributed by atoms with E-state index in [-0.39, 0.29) is 36.7 Å². The molecule has 2 heterocycles. The second-order valence-electron chi connectivity index (χ2n) is 11.6. The Labute approximate surface area is 258 Å². The van der Waals surface area contributed by atoms with Crippen molar-refractivity contribution in [1.29, 1.82) is 0 Å². The van der Waals surface area contributed by atoms with E-state index in [2.05, 4.69) is 15.5 Å². The number of anilines is 3. The zero-order chi connectivity index (χ0) is 30.9. The molecule has 2 aliphatic heterocycles. The number of nitrogens with one attached hydrogen (secondary N) is 2. The van der Waals surface area contributed by atoms with Gasteiger partial charge in [-0.05, 0) is 54.7 Å². The standard InChI is InChI=1S/C34H42N4O6/c35-29-5-1-2-6-30(29)37-33(42)8-4-3-7-32(41)36-26-15-13-25(14-16-26)34-43-28(21-38-18-17-27(40)20-38)19-31(44-34)24-11-9-23(22-39)10-12-24/h1-2,5-6,9-16,27-28,31,34,39-40H,3-4,7-8,17-22,35H2,(H,36,41)(H,37,42)/t27-,28+,31-,34-/m0/s1. The number of rotatable bonds is 12. The minimum atomic E-state index is -0.592. The molecule has 0 radical (unpaired) electrons. The van der Waals surface area contributed by atoms with Gasteiger partial charge in [0.2, 0.25) is 11.8 Å². The lowest BCUT2D eigenvalue weighted by Gasteiger charge is -2.37. The molecule has 3 aromatic carbocycles. The van der Waals surface area contributed by atoms with E-state index < -0.39 is 6.29 Å². The van der Waals surface area contributed by atoms with Crippen LogP contribution in [0.15, 0.2) is 72.8 Å². The average molecular weight is 603 g/mol. The SMILES string of the molecule is Nc1ccccc1NC(=O)CCCCC(=O)Nc1ccc([C@H]2O[C@@H](CN3CC[C@H](O)C3)C[C@@H](c3ccc(CO)cc3)O2)cc1. The van der Waals surface area contributed by atoms with E-state index in [1.54, 1.807) is 12.1 Å². The maximum atomic E-state index is 12.5. The number of likely N-dealkylation sites (tertiary alicyclic amines) is 1. The second kappa shape index (κ2) is 15.3. The van der Waals surface area contributed by atoms with Gasteiger partial charge in [0.25, 0.3) is 0 Å². The fourth-order valence-electron chi connectivity index (χ4n) is 5.64. The van der Waals surface area contributed by atoms with E-state index in [1.807, 2.05) is 60.7 Å². The molecule has 0 aliphatic carbocycles. The summed E-state index contributed by atoms with van der Waals surface area (Å²) >= 11 is 0. The maximum Gasteiger partial charge on any atom is 0.224 e. The molecule has 10 heteroatoms. The van der Waals surface area contributed by atoms with Crippen molar-refractivity contribution in [2.45, 2.75) is 69.7 Å². The summed E-state index contributed by atoms with van der Waals surface area (Å²) in [5.74, 6) is -0.245. The number of para-hydroxylation sites is 2. The quantitative estimate of drug-likeness (QED) is 0.150. The smallest absolute Gasteiger partial charge is 0.224 e. The van der Waals surface area contributed by atoms with Crippen molar-refractivity contribution < 1.29 is 29.3 Å². The first-order valence-corrected chi connectivity index (χ1v) is 15.3. The third-order valence-electron chi connectivity index (χ3n) is 8.08. The van der Waals surface area contributed by atoms with E-state index in [0.717, 1.165) is 29.7 Å². The van der Waals surface area contributed by atoms with Crippen LogP contribution in [0.2, 0.25) is 0 Å². The van der Waals surface area contributed by atoms with Gasteiger partial charge in [0.05, 0.1) is 36.3 Å². The molecule has 0 aromatic heterocycles. The minimum absolute atomic E-state index is 0.0117. The number of unbranched alkanes of at least 4 members (excludes halogenated alkanes) is 1. The molecule has 0 unspecified atom stereocenters. The van der Waals surface area contributed by atoms with Crippen molar-refractivity contribution >= 4 is 28.9 Å². The molecule has 234 valence electrons. The van der Waals surface area contributed by atoms with Crippen LogP contribution in [-0.2, 0) is 25.7 Å². The Morgan fingerprint density at radius 3 is 2.23 bits per heavy atom. The summed E-state index contributed by atoms with van der Waals surface area (Å²) in [6, 6.07) is 22.4. The van der Waals surface area contributed by atoms with Crippen molar-refractivity contribution in [3.63, 3.8) is 0 Å². The summed E-state index contributed by atoms with van der Waals surface area (Å²) in [5, 5.41) is 25.2. The molecular weight excluding hydrogens is 560 g/mol. The predicted molar refractivity (Wildman–Crippen MR) is 169 cm³/mol. The molecular formula is C34H42N4O6. The Bertz CT molecular complexity index is 1380. The highest BCUT2D eigenvalue weighted by Crippen LogP contribution is 2.38. The highest BCUT2D eigenvalue weighted by Gasteiger charge is 2.34. The lowest BCUT2D eigenvalue weighted by atomic mass is 9.99. The normalized spacial score (nSPS) is 22.0. The van der Waals surface area contributed by atoms with Crippen LogP contribution in [0, 0.1) is 0 Å². The molecule has 3 aromatic rings. The number of ether oxygens (including phenoxy) is 2. The third kappa shape index (κ3) is 8.87. The summed E-state index contributed by atoms with van der Waals surface area (Å²) in [4.78, 5) is 27.0. The molecule has 0 bridgehead atoms. The van der Waals surface area contributed by atoms with Crippen LogP contribution in [0.5, 0.6) is 0 Å². The monoisotopic (exact) mass is 602 g/mol. The number of aliphatic hydroxyl groups excluding tert-OH is 2. The number of β-amino-alcohol motifs (C(OH)–C–C–N with tert-alkyl or cyclic N) is 1. The summed E-state index contributed by atoms with van der Waals surface area (Å²) < 4.78 is 12.8. The summed E-state index contributed by atoms with van der Waals surface area (Å²) in [6.45, 7) is 2.18. The van der Waals surface area contributed by atoms with Gasteiger partial charge in [-0.15, -0.1) is 0 Å². The van der Waals surface area contributed by atoms with Crippen molar-refractivity contribution in [3.8, 4) is 0 Å². The number of nitrogen functional groups attached to an aromatic ring is 1. The van der Waals surface area contributed by atoms with Crippen LogP contribution >= 0.6 is 0 Å². The van der Waals surface area contributed by atoms with Gasteiger partial charge in [0.15, 0.2) is 6.29 Å². The first-order chi connectivity index (χ1) is 21.4. The van der Waals surface area contributed by atoms with Gasteiger partial charge in [-0.1, -0.05) is 48.5 Å². The van der Waals surface area contributed by atoms with E-state index in [4.69, 9.17) is 15.2 Å². The number of nitrogens with zero attached hydrogens (tertiary/aromatic N) is 1. The Morgan fingerprint density at radius 2 is 1.57 bits per heavy atom. The topological polar surface area (TPSA) is 146 Å². The van der Waals surface area contributed by atoms with Gasteiger partial charge in [-0.2, -0.15) is 0 Å². The zero-order valence-electron chi connectivity index (χ0n) is 24.9. The summed E-state index contributed by atoms with van der Waals surface area (Å²) in [7, 11) is 0. The zero-order valence-corrected chi connectivity index (χ0v) is 24.9. The first kappa shape index (κ1) is 31.6. The summed E-state index contributed by atoms with van der Waals surface area (Å²) in [6.07, 6.45) is 2.07. The Morgan fingerprint density at radius 1 is 0.886 bits per heavy atom. The van der Waals surface area contributed by atoms with E-state index in [9.17, 15) is 19.8 Å². The molecule has 2 amide bonds. The number of amides is 2. The first-order valence-electron chi connectivity index (χ1n) is 15.3. The third-order valence-corrected chi connectivity index (χ3v) is 8.08. The molecule has 4 atom stereocenters. The molecule has 44 heavy (non-hydrogen) atoms. The number of nitrogens with two attached hydrogens (primary N) is 1. The fourth-order valence-corrected chi connectivity index (χ4v) is 5.64. The molecule has 0 spiro atoms. The predicted octanol–water partition coefficient (Wildman–Crippen LogP) is 4.51. The molecule has 6 N–H and O–H groups in total. The fraction of sp³-hybridized carbons (Fsp3) is 0.412. The van der Waals surface area contributed by atoms with E-state index >= 15 is 0 Å². The van der Waals surface area contributed by atoms with Crippen LogP contribution in [-0.4, -0.2) is 58.8 Å². The van der Waals surface area contributed by atoms with Gasteiger partial charge in [0.1, 0.15) is 0 Å². The Balaban J connectivity index is 1.12. The lowest BCUT2D eigenvalue weighted by Crippen LogP contribution is -2.38. The van der Waals surface area contributed by atoms with E-state index in [1.165, 1.54) is 0 Å². The number of aliphatic hydroxyl groups is 2. The molecule has 2 fully saturated rings. The van der Waals surface area contributed by atoms with Gasteiger partial charge in [0, 0.05) is 50.1 Å². The Kier molecular flexibility index (Phi) is 11.0. The number of carbonyl (C=O) groups excluding carboxylic acids is 2. The molecule has 2 aliphatic rings. The van der Waals surface area contributed by atoms with Gasteiger partial charge in [-0.3, -0.25) is 14.5 Å². The van der Waals surface area contributed by atoms with Crippen LogP contribution in [0.25, 0.3) is 0 Å². The van der Waals surface area contributed by atoms with Crippen molar-refractivity contribution in [2.24, 2.45) is 0 Å². The summed E-state index contributed by atoms with van der Waals surface area (Å²) in [5.41, 5.74) is 10.4. The minimum Gasteiger partial charge on any atom is -0.397 e. The van der Waals surface area contributed by atoms with E-state index in [0.29, 0.717) is 62.3 Å². The molecule has 5 rings (SSSR count). The Hall–Kier alpha value is -3.80. The highest BCUT2D eigenvalue weighted by molar-refractivity contribution is 5.94. The molecule has 10 nitrogen and oxygen atoms in total. The average Bonchev–Trinajstić information content (AvgIpc) is 3.44. The lowest BCUT2D eigenvalue weighted by molar-refractivity contribution is -0.252. The molecule has 2 saturated heterocycles. The number of hydrogen-bond donors (Lipinski definition) is 5. The number of benzene rings is 3. The maximum absolute atomic E-state index is 12.5. The van der Waals surface area contributed by atoms with Crippen LogP contribution < -0.4 is 16.4 Å². The number of carbonyl (C=O) groups is 2. The van der Waals surface area contributed by atoms with Crippen LogP contribution in [0.4, 0.5) is 17.1 Å². The van der Waals surface area contributed by atoms with Gasteiger partial charge < -0.3 is 36.1 Å². The number of hydrogen-bond acceptors (Lipinski definition) is 8. The van der Waals surface area contributed by atoms with Crippen molar-refractivity contribution in [3.05, 3.63) is 89.5 Å². The van der Waals surface area contributed by atoms with Crippen LogP contribution in [0.1, 0.15) is 67.6 Å². The van der Waals surface area contributed by atoms with Crippen molar-refractivity contribution in [1.82, 2.24) is 4.90 Å². The van der Waals surface area contributed by atoms with Gasteiger partial charge in [-0.25, -0.2) is 0 Å². The molecule has 0 saturated carbocycles. The highest BCUT2D eigenvalue weighted by atomic mass is 16.7. The van der Waals surface area contributed by atoms with Gasteiger partial charge >= 0.3 is 0 Å². The largest absolute Gasteiger partial charge is 0.397 e. The van der Waals surface area contributed by atoms with Crippen molar-refractivity contribution in [2.75, 3.05) is 36.0 Å². The van der Waals surface area contributed by atoms with Crippen LogP contribution in [0.3, 0.4) is 0 Å². The second-order valence-corrected chi connectivity index (χ2v) is 11.6.